The molecule has 1 aromatic rings. The van der Waals surface area contributed by atoms with E-state index in [-0.39, 0.29) is 22.4 Å². The van der Waals surface area contributed by atoms with Gasteiger partial charge in [-0.05, 0) is 37.8 Å². The van der Waals surface area contributed by atoms with Gasteiger partial charge in [0.25, 0.3) is 0 Å². The Labute approximate surface area is 182 Å². The minimum atomic E-state index is -3.67. The highest BCUT2D eigenvalue weighted by atomic mass is 35.5. The third-order valence-corrected chi connectivity index (χ3v) is 9.05. The second-order valence-electron chi connectivity index (χ2n) is 8.50. The molecule has 0 unspecified atom stereocenters. The van der Waals surface area contributed by atoms with E-state index in [1.165, 1.54) is 12.5 Å². The summed E-state index contributed by atoms with van der Waals surface area (Å²) in [6.45, 7) is 0.305. The molecule has 30 heavy (non-hydrogen) atoms. The van der Waals surface area contributed by atoms with Crippen LogP contribution in [0.4, 0.5) is 4.79 Å². The summed E-state index contributed by atoms with van der Waals surface area (Å²) in [7, 11) is -3.67. The maximum absolute atomic E-state index is 13.3. The molecule has 0 aromatic heterocycles. The number of benzene rings is 1. The van der Waals surface area contributed by atoms with Crippen molar-refractivity contribution in [2.24, 2.45) is 0 Å². The number of alkyl carbamates (subject to hydrolysis) is 1. The largest absolute Gasteiger partial charge is 0.430 e. The fourth-order valence-corrected chi connectivity index (χ4v) is 6.73. The summed E-state index contributed by atoms with van der Waals surface area (Å²) in [5, 5.41) is 11.3. The maximum Gasteiger partial charge on any atom is 0.409 e. The molecule has 3 fully saturated rings. The Morgan fingerprint density at radius 3 is 2.57 bits per heavy atom. The molecule has 1 heterocycles. The van der Waals surface area contributed by atoms with E-state index in [1.807, 2.05) is 4.90 Å². The standard InChI is InChI=1S/C21H26ClN3O4S/c22-17-8-4-5-9-18(17)30(27,28)16-12-19(25(13-16)15-6-2-1-3-7-15)29-20(26)24-21(14-23)10-11-21/h4-5,8-9,15-16,19H,1-3,6-7,10-13H2,(H,24,26)/t16-,19+/m1/s1. The molecule has 162 valence electrons. The average molecular weight is 452 g/mol. The average Bonchev–Trinajstić information content (AvgIpc) is 3.37. The molecule has 1 N–H and O–H groups in total. The second-order valence-corrected chi connectivity index (χ2v) is 11.1. The summed E-state index contributed by atoms with van der Waals surface area (Å²) >= 11 is 6.17. The Morgan fingerprint density at radius 1 is 1.23 bits per heavy atom. The van der Waals surface area contributed by atoms with E-state index in [4.69, 9.17) is 16.3 Å². The van der Waals surface area contributed by atoms with E-state index in [0.717, 1.165) is 25.7 Å². The van der Waals surface area contributed by atoms with Crippen LogP contribution in [0.25, 0.3) is 0 Å². The van der Waals surface area contributed by atoms with Crippen LogP contribution in [-0.2, 0) is 14.6 Å². The fraction of sp³-hybridized carbons (Fsp3) is 0.619. The molecular formula is C21H26ClN3O4S. The molecule has 0 spiro atoms. The summed E-state index contributed by atoms with van der Waals surface area (Å²) in [5.41, 5.74) is -0.825. The monoisotopic (exact) mass is 451 g/mol. The van der Waals surface area contributed by atoms with Crippen LogP contribution in [-0.4, -0.2) is 49.0 Å². The van der Waals surface area contributed by atoms with Crippen molar-refractivity contribution in [3.63, 3.8) is 0 Å². The zero-order valence-corrected chi connectivity index (χ0v) is 18.3. The van der Waals surface area contributed by atoms with Crippen LogP contribution < -0.4 is 5.32 Å². The van der Waals surface area contributed by atoms with Crippen LogP contribution in [0, 0.1) is 11.3 Å². The van der Waals surface area contributed by atoms with Crippen molar-refractivity contribution in [1.29, 1.82) is 5.26 Å². The van der Waals surface area contributed by atoms with Crippen LogP contribution in [0.15, 0.2) is 29.2 Å². The molecule has 2 saturated carbocycles. The second kappa shape index (κ2) is 8.37. The molecule has 1 saturated heterocycles. The van der Waals surface area contributed by atoms with Crippen LogP contribution in [0.3, 0.4) is 0 Å². The van der Waals surface area contributed by atoms with Crippen molar-refractivity contribution in [3.05, 3.63) is 29.3 Å². The van der Waals surface area contributed by atoms with Gasteiger partial charge in [0, 0.05) is 19.0 Å². The molecule has 3 aliphatic rings. The highest BCUT2D eigenvalue weighted by Gasteiger charge is 2.48. The number of nitrogens with zero attached hydrogens (tertiary/aromatic N) is 2. The minimum absolute atomic E-state index is 0.117. The van der Waals surface area contributed by atoms with E-state index < -0.39 is 32.9 Å². The molecule has 1 amide bonds. The number of hydrogen-bond acceptors (Lipinski definition) is 6. The predicted molar refractivity (Wildman–Crippen MR) is 112 cm³/mol. The Kier molecular flexibility index (Phi) is 5.97. The zero-order valence-electron chi connectivity index (χ0n) is 16.7. The Morgan fingerprint density at radius 2 is 1.93 bits per heavy atom. The van der Waals surface area contributed by atoms with E-state index in [2.05, 4.69) is 11.4 Å². The molecule has 1 aliphatic heterocycles. The number of carbonyl (C=O) groups excluding carboxylic acids is 1. The summed E-state index contributed by atoms with van der Waals surface area (Å²) < 4.78 is 32.3. The third-order valence-electron chi connectivity index (χ3n) is 6.42. The maximum atomic E-state index is 13.3. The summed E-state index contributed by atoms with van der Waals surface area (Å²) in [6, 6.07) is 8.74. The topological polar surface area (TPSA) is 99.5 Å². The Balaban J connectivity index is 1.54. The van der Waals surface area contributed by atoms with Gasteiger partial charge in [0.2, 0.25) is 0 Å². The number of ether oxygens (including phenoxy) is 1. The first-order chi connectivity index (χ1) is 14.3. The van der Waals surface area contributed by atoms with Gasteiger partial charge in [-0.3, -0.25) is 4.90 Å². The molecule has 4 rings (SSSR count). The van der Waals surface area contributed by atoms with Crippen molar-refractivity contribution >= 4 is 27.5 Å². The van der Waals surface area contributed by atoms with Gasteiger partial charge < -0.3 is 10.1 Å². The zero-order chi connectivity index (χ0) is 21.4. The lowest BCUT2D eigenvalue weighted by Gasteiger charge is -2.34. The smallest absolute Gasteiger partial charge is 0.409 e. The lowest BCUT2D eigenvalue weighted by molar-refractivity contribution is -0.0178. The van der Waals surface area contributed by atoms with Gasteiger partial charge in [-0.1, -0.05) is 43.0 Å². The SMILES string of the molecule is N#CC1(NC(=O)O[C@H]2C[C@@H](S(=O)(=O)c3ccccc3Cl)CN2C2CCCCC2)CC1. The van der Waals surface area contributed by atoms with Crippen molar-refractivity contribution in [2.75, 3.05) is 6.54 Å². The summed E-state index contributed by atoms with van der Waals surface area (Å²) in [6.07, 6.45) is 5.38. The van der Waals surface area contributed by atoms with Crippen molar-refractivity contribution < 1.29 is 17.9 Å². The van der Waals surface area contributed by atoms with Gasteiger partial charge in [-0.15, -0.1) is 0 Å². The van der Waals surface area contributed by atoms with Crippen LogP contribution >= 0.6 is 11.6 Å². The quantitative estimate of drug-likeness (QED) is 0.733. The first kappa shape index (κ1) is 21.4. The van der Waals surface area contributed by atoms with Crippen LogP contribution in [0.2, 0.25) is 5.02 Å². The first-order valence-corrected chi connectivity index (χ1v) is 12.4. The number of carbonyl (C=O) groups is 1. The van der Waals surface area contributed by atoms with Gasteiger partial charge in [0.1, 0.15) is 5.54 Å². The van der Waals surface area contributed by atoms with Crippen molar-refractivity contribution in [3.8, 4) is 6.07 Å². The van der Waals surface area contributed by atoms with Gasteiger partial charge in [0.05, 0.1) is 21.2 Å². The molecule has 9 heteroatoms. The highest BCUT2D eigenvalue weighted by molar-refractivity contribution is 7.92. The van der Waals surface area contributed by atoms with E-state index >= 15 is 0 Å². The molecule has 2 aliphatic carbocycles. The number of likely N-dealkylation sites (tertiary alicyclic amines) is 1. The van der Waals surface area contributed by atoms with Gasteiger partial charge in [0.15, 0.2) is 16.1 Å². The lowest BCUT2D eigenvalue weighted by Crippen LogP contribution is -2.45. The van der Waals surface area contributed by atoms with Crippen molar-refractivity contribution in [2.45, 2.75) is 79.3 Å². The summed E-state index contributed by atoms with van der Waals surface area (Å²) in [5.74, 6) is 0. The van der Waals surface area contributed by atoms with E-state index in [1.54, 1.807) is 18.2 Å². The lowest BCUT2D eigenvalue weighted by atomic mass is 9.94. The first-order valence-electron chi connectivity index (χ1n) is 10.5. The Bertz CT molecular complexity index is 951. The number of hydrogen-bond donors (Lipinski definition) is 1. The normalized spacial score (nSPS) is 26.7. The molecule has 1 aromatic carbocycles. The number of amides is 1. The Hall–Kier alpha value is -1.82. The summed E-state index contributed by atoms with van der Waals surface area (Å²) in [4.78, 5) is 14.6. The molecular weight excluding hydrogens is 426 g/mol. The molecule has 0 bridgehead atoms. The minimum Gasteiger partial charge on any atom is -0.430 e. The predicted octanol–water partition coefficient (Wildman–Crippen LogP) is 3.63. The number of rotatable bonds is 5. The third kappa shape index (κ3) is 4.29. The van der Waals surface area contributed by atoms with Crippen LogP contribution in [0.5, 0.6) is 0 Å². The highest BCUT2D eigenvalue weighted by Crippen LogP contribution is 2.37. The fourth-order valence-electron chi connectivity index (χ4n) is 4.52. The number of nitrogens with one attached hydrogen (secondary N) is 1. The van der Waals surface area contributed by atoms with E-state index in [0.29, 0.717) is 19.4 Å². The van der Waals surface area contributed by atoms with Gasteiger partial charge >= 0.3 is 6.09 Å². The number of sulfone groups is 1. The van der Waals surface area contributed by atoms with Gasteiger partial charge in [-0.2, -0.15) is 5.26 Å². The van der Waals surface area contributed by atoms with E-state index in [9.17, 15) is 18.5 Å². The van der Waals surface area contributed by atoms with Crippen LogP contribution in [0.1, 0.15) is 51.4 Å². The van der Waals surface area contributed by atoms with Crippen molar-refractivity contribution in [1.82, 2.24) is 10.2 Å². The molecule has 0 radical (unpaired) electrons. The molecule has 7 nitrogen and oxygen atoms in total. The molecule has 2 atom stereocenters. The number of nitriles is 1. The number of halogens is 1. The van der Waals surface area contributed by atoms with Gasteiger partial charge in [-0.25, -0.2) is 13.2 Å².